The molecule has 4 heterocycles. The van der Waals surface area contributed by atoms with E-state index >= 15 is 0 Å². The Bertz CT molecular complexity index is 1400. The van der Waals surface area contributed by atoms with Crippen LogP contribution in [0.4, 0.5) is 22.0 Å². The SMILES string of the molecule is O=C(Nc1ccc(CON2CCOCC2)cc1)Nc1ccc(-c2nc(N3CCOCC3)c3[nH]cnc3n2)cc1. The number of H-pyrrole nitrogens is 1. The first-order valence-electron chi connectivity index (χ1n) is 13.0. The Morgan fingerprint density at radius 2 is 1.51 bits per heavy atom. The van der Waals surface area contributed by atoms with Crippen molar-refractivity contribution in [1.29, 1.82) is 0 Å². The van der Waals surface area contributed by atoms with E-state index < -0.39 is 0 Å². The van der Waals surface area contributed by atoms with Crippen LogP contribution in [0.1, 0.15) is 5.56 Å². The van der Waals surface area contributed by atoms with E-state index in [0.29, 0.717) is 55.9 Å². The lowest BCUT2D eigenvalue weighted by molar-refractivity contribution is -0.202. The minimum Gasteiger partial charge on any atom is -0.379 e. The van der Waals surface area contributed by atoms with Crippen LogP contribution >= 0.6 is 0 Å². The van der Waals surface area contributed by atoms with Crippen molar-refractivity contribution in [2.75, 3.05) is 68.1 Å². The molecule has 0 bridgehead atoms. The number of nitrogens with zero attached hydrogens (tertiary/aromatic N) is 5. The van der Waals surface area contributed by atoms with Gasteiger partial charge in [0.1, 0.15) is 5.52 Å². The molecule has 39 heavy (non-hydrogen) atoms. The summed E-state index contributed by atoms with van der Waals surface area (Å²) in [6.45, 7) is 6.21. The fraction of sp³-hybridized carbons (Fsp3) is 0.333. The summed E-state index contributed by atoms with van der Waals surface area (Å²) in [5.41, 5.74) is 4.62. The van der Waals surface area contributed by atoms with Gasteiger partial charge in [-0.05, 0) is 42.0 Å². The summed E-state index contributed by atoms with van der Waals surface area (Å²) in [7, 11) is 0. The standard InChI is InChI=1S/C27H30N8O4/c36-27(30-21-5-1-19(2-6-21)17-39-35-11-15-38-16-12-35)31-22-7-3-20(4-8-22)24-32-25-23(28-18-29-25)26(33-24)34-9-13-37-14-10-34/h1-8,18H,9-17H2,(H2,30,31,36)(H,28,29,32,33). The van der Waals surface area contributed by atoms with Crippen molar-refractivity contribution in [3.05, 3.63) is 60.4 Å². The Labute approximate surface area is 225 Å². The normalized spacial score (nSPS) is 16.4. The zero-order valence-corrected chi connectivity index (χ0v) is 21.4. The smallest absolute Gasteiger partial charge is 0.323 e. The molecule has 2 aliphatic rings. The van der Waals surface area contributed by atoms with Crippen molar-refractivity contribution in [2.45, 2.75) is 6.61 Å². The molecule has 12 heteroatoms. The van der Waals surface area contributed by atoms with Gasteiger partial charge in [0.05, 0.1) is 39.4 Å². The molecule has 2 aromatic heterocycles. The summed E-state index contributed by atoms with van der Waals surface area (Å²) in [6.07, 6.45) is 1.63. The van der Waals surface area contributed by atoms with E-state index in [1.165, 1.54) is 0 Å². The lowest BCUT2D eigenvalue weighted by atomic mass is 10.2. The van der Waals surface area contributed by atoms with Crippen molar-refractivity contribution in [3.63, 3.8) is 0 Å². The van der Waals surface area contributed by atoms with Crippen molar-refractivity contribution in [3.8, 4) is 11.4 Å². The Morgan fingerprint density at radius 3 is 2.21 bits per heavy atom. The number of nitrogens with one attached hydrogen (secondary N) is 3. The highest BCUT2D eigenvalue weighted by Crippen LogP contribution is 2.27. The number of benzene rings is 2. The number of ether oxygens (including phenoxy) is 2. The first-order chi connectivity index (χ1) is 19.2. The van der Waals surface area contributed by atoms with Gasteiger partial charge in [0.25, 0.3) is 0 Å². The van der Waals surface area contributed by atoms with Crippen molar-refractivity contribution < 1.29 is 19.1 Å². The average molecular weight is 531 g/mol. The number of hydrogen-bond acceptors (Lipinski definition) is 9. The zero-order valence-electron chi connectivity index (χ0n) is 21.4. The molecule has 2 aromatic carbocycles. The van der Waals surface area contributed by atoms with Gasteiger partial charge in [0.15, 0.2) is 17.3 Å². The summed E-state index contributed by atoms with van der Waals surface area (Å²) in [5, 5.41) is 7.64. The fourth-order valence-electron chi connectivity index (χ4n) is 4.47. The minimum absolute atomic E-state index is 0.330. The quantitative estimate of drug-likeness (QED) is 0.330. The van der Waals surface area contributed by atoms with Crippen LogP contribution in [0.3, 0.4) is 0 Å². The number of carbonyl (C=O) groups is 1. The van der Waals surface area contributed by atoms with Crippen LogP contribution in [0.2, 0.25) is 0 Å². The molecule has 12 nitrogen and oxygen atoms in total. The van der Waals surface area contributed by atoms with E-state index in [1.54, 1.807) is 6.33 Å². The highest BCUT2D eigenvalue weighted by atomic mass is 16.7. The lowest BCUT2D eigenvalue weighted by Gasteiger charge is -2.28. The lowest BCUT2D eigenvalue weighted by Crippen LogP contribution is -2.37. The fourth-order valence-corrected chi connectivity index (χ4v) is 4.47. The summed E-state index contributed by atoms with van der Waals surface area (Å²) in [5.74, 6) is 1.39. The number of amides is 2. The van der Waals surface area contributed by atoms with Gasteiger partial charge < -0.3 is 30.0 Å². The molecule has 2 fully saturated rings. The number of hydroxylamine groups is 2. The van der Waals surface area contributed by atoms with Crippen LogP contribution in [0.15, 0.2) is 54.9 Å². The Balaban J connectivity index is 1.06. The molecular formula is C27H30N8O4. The highest BCUT2D eigenvalue weighted by Gasteiger charge is 2.19. The van der Waals surface area contributed by atoms with Crippen molar-refractivity contribution in [1.82, 2.24) is 25.0 Å². The summed E-state index contributed by atoms with van der Waals surface area (Å²) in [4.78, 5) is 37.5. The summed E-state index contributed by atoms with van der Waals surface area (Å²) >= 11 is 0. The number of imidazole rings is 1. The Kier molecular flexibility index (Phi) is 7.59. The van der Waals surface area contributed by atoms with Crippen LogP contribution in [-0.2, 0) is 20.9 Å². The van der Waals surface area contributed by atoms with Gasteiger partial charge >= 0.3 is 6.03 Å². The Hall–Kier alpha value is -4.10. The molecular weight excluding hydrogens is 500 g/mol. The zero-order chi connectivity index (χ0) is 26.4. The van der Waals surface area contributed by atoms with Crippen LogP contribution in [0.25, 0.3) is 22.6 Å². The van der Waals surface area contributed by atoms with E-state index in [0.717, 1.165) is 48.6 Å². The molecule has 6 rings (SSSR count). The predicted molar refractivity (Wildman–Crippen MR) is 146 cm³/mol. The third-order valence-corrected chi connectivity index (χ3v) is 6.57. The molecule has 0 radical (unpaired) electrons. The summed E-state index contributed by atoms with van der Waals surface area (Å²) < 4.78 is 10.8. The first kappa shape index (κ1) is 25.2. The molecule has 2 aliphatic heterocycles. The number of aromatic nitrogens is 4. The number of hydrogen-bond donors (Lipinski definition) is 3. The molecule has 2 amide bonds. The van der Waals surface area contributed by atoms with Crippen LogP contribution < -0.4 is 15.5 Å². The van der Waals surface area contributed by atoms with Gasteiger partial charge in [-0.25, -0.2) is 19.7 Å². The Morgan fingerprint density at radius 1 is 0.872 bits per heavy atom. The van der Waals surface area contributed by atoms with E-state index in [4.69, 9.17) is 19.3 Å². The van der Waals surface area contributed by atoms with Gasteiger partial charge in [-0.2, -0.15) is 5.06 Å². The minimum atomic E-state index is -0.330. The monoisotopic (exact) mass is 530 g/mol. The van der Waals surface area contributed by atoms with Crippen LogP contribution in [0, 0.1) is 0 Å². The molecule has 0 unspecified atom stereocenters. The highest BCUT2D eigenvalue weighted by molar-refractivity contribution is 5.99. The number of urea groups is 1. The predicted octanol–water partition coefficient (Wildman–Crippen LogP) is 3.26. The van der Waals surface area contributed by atoms with Crippen molar-refractivity contribution in [2.24, 2.45) is 0 Å². The third-order valence-electron chi connectivity index (χ3n) is 6.57. The first-order valence-corrected chi connectivity index (χ1v) is 13.0. The molecule has 2 saturated heterocycles. The topological polar surface area (TPSA) is 130 Å². The van der Waals surface area contributed by atoms with Gasteiger partial charge in [-0.3, -0.25) is 4.84 Å². The molecule has 0 aliphatic carbocycles. The number of fused-ring (bicyclic) bond motifs is 1. The molecule has 0 atom stereocenters. The van der Waals surface area contributed by atoms with Gasteiger partial charge in [0, 0.05) is 43.1 Å². The maximum absolute atomic E-state index is 12.6. The molecule has 3 N–H and O–H groups in total. The average Bonchev–Trinajstić information content (AvgIpc) is 3.47. The van der Waals surface area contributed by atoms with Crippen LogP contribution in [-0.4, -0.2) is 83.6 Å². The van der Waals surface area contributed by atoms with Crippen LogP contribution in [0.5, 0.6) is 0 Å². The van der Waals surface area contributed by atoms with E-state index in [9.17, 15) is 4.79 Å². The molecule has 202 valence electrons. The second-order valence-electron chi connectivity index (χ2n) is 9.24. The number of rotatable bonds is 7. The molecule has 0 saturated carbocycles. The second-order valence-corrected chi connectivity index (χ2v) is 9.24. The maximum Gasteiger partial charge on any atom is 0.323 e. The summed E-state index contributed by atoms with van der Waals surface area (Å²) in [6, 6.07) is 14.7. The largest absolute Gasteiger partial charge is 0.379 e. The van der Waals surface area contributed by atoms with Gasteiger partial charge in [0.2, 0.25) is 0 Å². The van der Waals surface area contributed by atoms with Crippen molar-refractivity contribution >= 4 is 34.4 Å². The number of anilines is 3. The number of carbonyl (C=O) groups excluding carboxylic acids is 1. The van der Waals surface area contributed by atoms with E-state index in [1.807, 2.05) is 53.6 Å². The van der Waals surface area contributed by atoms with Gasteiger partial charge in [-0.1, -0.05) is 12.1 Å². The third kappa shape index (κ3) is 6.15. The second kappa shape index (κ2) is 11.7. The van der Waals surface area contributed by atoms with E-state index in [2.05, 4.69) is 30.5 Å². The van der Waals surface area contributed by atoms with Gasteiger partial charge in [-0.15, -0.1) is 0 Å². The number of aromatic amines is 1. The maximum atomic E-state index is 12.6. The number of morpholine rings is 2. The molecule has 0 spiro atoms. The molecule has 4 aromatic rings. The van der Waals surface area contributed by atoms with E-state index in [-0.39, 0.29) is 6.03 Å².